The van der Waals surface area contributed by atoms with Gasteiger partial charge in [-0.1, -0.05) is 31.2 Å². The Morgan fingerprint density at radius 1 is 1.36 bits per heavy atom. The first kappa shape index (κ1) is 7.99. The van der Waals surface area contributed by atoms with Gasteiger partial charge in [0.25, 0.3) is 0 Å². The van der Waals surface area contributed by atoms with Gasteiger partial charge in [-0.15, -0.1) is 0 Å². The number of aryl methyl sites for hydroxylation is 1. The van der Waals surface area contributed by atoms with Gasteiger partial charge in [-0.05, 0) is 18.1 Å². The SMILES string of the molecule is Cc1ccccc1[C@@H](C)C=O. The lowest BCUT2D eigenvalue weighted by Crippen LogP contribution is -1.96. The minimum atomic E-state index is 0.0243. The van der Waals surface area contributed by atoms with Crippen molar-refractivity contribution >= 4 is 6.29 Å². The summed E-state index contributed by atoms with van der Waals surface area (Å²) in [6, 6.07) is 7.96. The van der Waals surface area contributed by atoms with Crippen LogP contribution in [0.25, 0.3) is 0 Å². The molecule has 58 valence electrons. The van der Waals surface area contributed by atoms with Crippen molar-refractivity contribution in [3.63, 3.8) is 0 Å². The van der Waals surface area contributed by atoms with E-state index in [1.165, 1.54) is 5.56 Å². The molecule has 1 rings (SSSR count). The molecule has 0 radical (unpaired) electrons. The molecule has 0 fully saturated rings. The summed E-state index contributed by atoms with van der Waals surface area (Å²) in [5.41, 5.74) is 2.31. The van der Waals surface area contributed by atoms with Crippen molar-refractivity contribution in [2.45, 2.75) is 19.8 Å². The fourth-order valence-electron chi connectivity index (χ4n) is 1.17. The van der Waals surface area contributed by atoms with Gasteiger partial charge in [0.05, 0.1) is 0 Å². The fraction of sp³-hybridized carbons (Fsp3) is 0.300. The van der Waals surface area contributed by atoms with Gasteiger partial charge in [-0.2, -0.15) is 0 Å². The number of hydrogen-bond acceptors (Lipinski definition) is 1. The van der Waals surface area contributed by atoms with Crippen molar-refractivity contribution in [3.05, 3.63) is 35.4 Å². The number of aldehydes is 1. The lowest BCUT2D eigenvalue weighted by Gasteiger charge is -2.06. The smallest absolute Gasteiger partial charge is 0.127 e. The molecule has 1 aromatic carbocycles. The van der Waals surface area contributed by atoms with Crippen LogP contribution in [-0.2, 0) is 4.79 Å². The molecular formula is C10H12O. The molecule has 0 N–H and O–H groups in total. The molecule has 0 aliphatic rings. The molecular weight excluding hydrogens is 136 g/mol. The summed E-state index contributed by atoms with van der Waals surface area (Å²) >= 11 is 0. The van der Waals surface area contributed by atoms with Gasteiger partial charge in [0.15, 0.2) is 0 Å². The molecule has 1 nitrogen and oxygen atoms in total. The van der Waals surface area contributed by atoms with Gasteiger partial charge < -0.3 is 4.79 Å². The van der Waals surface area contributed by atoms with Crippen LogP contribution in [0.4, 0.5) is 0 Å². The van der Waals surface area contributed by atoms with Gasteiger partial charge in [-0.25, -0.2) is 0 Å². The van der Waals surface area contributed by atoms with Crippen LogP contribution in [0.2, 0.25) is 0 Å². The van der Waals surface area contributed by atoms with E-state index in [0.717, 1.165) is 11.8 Å². The summed E-state index contributed by atoms with van der Waals surface area (Å²) < 4.78 is 0. The van der Waals surface area contributed by atoms with Crippen molar-refractivity contribution in [1.29, 1.82) is 0 Å². The zero-order valence-electron chi connectivity index (χ0n) is 6.87. The molecule has 0 bridgehead atoms. The molecule has 0 aliphatic heterocycles. The van der Waals surface area contributed by atoms with Crippen LogP contribution in [0.15, 0.2) is 24.3 Å². The van der Waals surface area contributed by atoms with Crippen molar-refractivity contribution in [2.24, 2.45) is 0 Å². The average Bonchev–Trinajstić information content (AvgIpc) is 2.04. The lowest BCUT2D eigenvalue weighted by molar-refractivity contribution is -0.108. The number of carbonyl (C=O) groups is 1. The van der Waals surface area contributed by atoms with Gasteiger partial charge in [0.1, 0.15) is 6.29 Å². The third-order valence-corrected chi connectivity index (χ3v) is 1.88. The largest absolute Gasteiger partial charge is 0.303 e. The average molecular weight is 148 g/mol. The topological polar surface area (TPSA) is 17.1 Å². The van der Waals surface area contributed by atoms with Crippen LogP contribution in [0.5, 0.6) is 0 Å². The zero-order chi connectivity index (χ0) is 8.27. The van der Waals surface area contributed by atoms with Crippen LogP contribution in [0.1, 0.15) is 24.0 Å². The minimum Gasteiger partial charge on any atom is -0.303 e. The standard InChI is InChI=1S/C10H12O/c1-8-5-3-4-6-10(8)9(2)7-11/h3-7,9H,1-2H3/t9-/m0/s1. The van der Waals surface area contributed by atoms with E-state index >= 15 is 0 Å². The van der Waals surface area contributed by atoms with Gasteiger partial charge in [0.2, 0.25) is 0 Å². The second kappa shape index (κ2) is 3.33. The third-order valence-electron chi connectivity index (χ3n) is 1.88. The van der Waals surface area contributed by atoms with E-state index in [9.17, 15) is 4.79 Å². The molecule has 0 amide bonds. The van der Waals surface area contributed by atoms with E-state index in [0.29, 0.717) is 0 Å². The summed E-state index contributed by atoms with van der Waals surface area (Å²) in [6.45, 7) is 3.94. The van der Waals surface area contributed by atoms with Crippen molar-refractivity contribution in [3.8, 4) is 0 Å². The number of hydrogen-bond donors (Lipinski definition) is 0. The van der Waals surface area contributed by atoms with Crippen LogP contribution >= 0.6 is 0 Å². The molecule has 0 saturated heterocycles. The zero-order valence-corrected chi connectivity index (χ0v) is 6.87. The summed E-state index contributed by atoms with van der Waals surface area (Å²) in [4.78, 5) is 10.5. The number of benzene rings is 1. The predicted octanol–water partition coefficient (Wildman–Crippen LogP) is 2.30. The van der Waals surface area contributed by atoms with Crippen LogP contribution in [0, 0.1) is 6.92 Å². The van der Waals surface area contributed by atoms with Gasteiger partial charge in [-0.3, -0.25) is 0 Å². The second-order valence-corrected chi connectivity index (χ2v) is 2.78. The van der Waals surface area contributed by atoms with Crippen molar-refractivity contribution < 1.29 is 4.79 Å². The molecule has 0 saturated carbocycles. The van der Waals surface area contributed by atoms with E-state index in [2.05, 4.69) is 0 Å². The minimum absolute atomic E-state index is 0.0243. The highest BCUT2D eigenvalue weighted by atomic mass is 16.1. The maximum absolute atomic E-state index is 10.5. The quantitative estimate of drug-likeness (QED) is 0.588. The molecule has 1 atom stereocenters. The van der Waals surface area contributed by atoms with Crippen LogP contribution in [-0.4, -0.2) is 6.29 Å². The molecule has 0 aliphatic carbocycles. The monoisotopic (exact) mass is 148 g/mol. The Morgan fingerprint density at radius 3 is 2.55 bits per heavy atom. The fourth-order valence-corrected chi connectivity index (χ4v) is 1.17. The summed E-state index contributed by atoms with van der Waals surface area (Å²) in [6.07, 6.45) is 0.975. The first-order valence-corrected chi connectivity index (χ1v) is 3.76. The molecule has 1 heteroatoms. The Bertz CT molecular complexity index is 253. The number of rotatable bonds is 2. The molecule has 1 aromatic rings. The summed E-state index contributed by atoms with van der Waals surface area (Å²) in [5.74, 6) is 0.0243. The predicted molar refractivity (Wildman–Crippen MR) is 45.7 cm³/mol. The summed E-state index contributed by atoms with van der Waals surface area (Å²) in [7, 11) is 0. The van der Waals surface area contributed by atoms with E-state index < -0.39 is 0 Å². The maximum atomic E-state index is 10.5. The van der Waals surface area contributed by atoms with Gasteiger partial charge in [0, 0.05) is 5.92 Å². The van der Waals surface area contributed by atoms with E-state index in [4.69, 9.17) is 0 Å². The summed E-state index contributed by atoms with van der Waals surface area (Å²) in [5, 5.41) is 0. The Kier molecular flexibility index (Phi) is 2.42. The van der Waals surface area contributed by atoms with Crippen molar-refractivity contribution in [1.82, 2.24) is 0 Å². The Hall–Kier alpha value is -1.11. The lowest BCUT2D eigenvalue weighted by atomic mass is 9.98. The normalized spacial score (nSPS) is 12.5. The Balaban J connectivity index is 3.02. The maximum Gasteiger partial charge on any atom is 0.127 e. The highest BCUT2D eigenvalue weighted by Gasteiger charge is 2.04. The first-order chi connectivity index (χ1) is 5.25. The van der Waals surface area contributed by atoms with Crippen LogP contribution < -0.4 is 0 Å². The van der Waals surface area contributed by atoms with Crippen molar-refractivity contribution in [2.75, 3.05) is 0 Å². The second-order valence-electron chi connectivity index (χ2n) is 2.78. The van der Waals surface area contributed by atoms with Crippen LogP contribution in [0.3, 0.4) is 0 Å². The van der Waals surface area contributed by atoms with E-state index in [-0.39, 0.29) is 5.92 Å². The molecule has 11 heavy (non-hydrogen) atoms. The number of carbonyl (C=O) groups excluding carboxylic acids is 1. The highest BCUT2D eigenvalue weighted by Crippen LogP contribution is 2.16. The third kappa shape index (κ3) is 1.67. The molecule has 0 aromatic heterocycles. The Morgan fingerprint density at radius 2 is 2.00 bits per heavy atom. The molecule has 0 heterocycles. The molecule has 0 unspecified atom stereocenters. The molecule has 0 spiro atoms. The van der Waals surface area contributed by atoms with Gasteiger partial charge >= 0.3 is 0 Å². The van der Waals surface area contributed by atoms with E-state index in [1.807, 2.05) is 38.1 Å². The first-order valence-electron chi connectivity index (χ1n) is 3.76. The highest BCUT2D eigenvalue weighted by molar-refractivity contribution is 5.62. The Labute approximate surface area is 67.1 Å². The van der Waals surface area contributed by atoms with E-state index in [1.54, 1.807) is 0 Å².